The van der Waals surface area contributed by atoms with Crippen molar-refractivity contribution in [1.82, 2.24) is 20.0 Å². The van der Waals surface area contributed by atoms with Crippen LogP contribution in [0.5, 0.6) is 5.75 Å². The minimum Gasteiger partial charge on any atom is -0.497 e. The smallest absolute Gasteiger partial charge is 0.328 e. The molecule has 1 atom stereocenters. The average Bonchev–Trinajstić information content (AvgIpc) is 3.76. The predicted octanol–water partition coefficient (Wildman–Crippen LogP) is 1.15. The number of piperazine rings is 1. The molecule has 1 aliphatic carbocycles. The van der Waals surface area contributed by atoms with E-state index in [4.69, 9.17) is 14.9 Å². The summed E-state index contributed by atoms with van der Waals surface area (Å²) >= 11 is 0. The van der Waals surface area contributed by atoms with Crippen LogP contribution in [-0.4, -0.2) is 114 Å². The monoisotopic (exact) mass is 530 g/mol. The van der Waals surface area contributed by atoms with Gasteiger partial charge in [-0.2, -0.15) is 0 Å². The molecule has 2 heterocycles. The van der Waals surface area contributed by atoms with Gasteiger partial charge < -0.3 is 30.1 Å². The largest absolute Gasteiger partial charge is 0.497 e. The molecule has 0 spiro atoms. The van der Waals surface area contributed by atoms with Gasteiger partial charge in [-0.1, -0.05) is 0 Å². The fourth-order valence-corrected chi connectivity index (χ4v) is 4.78. The van der Waals surface area contributed by atoms with E-state index >= 15 is 0 Å². The Balaban J connectivity index is 0.000000436. The fourth-order valence-electron chi connectivity index (χ4n) is 4.78. The van der Waals surface area contributed by atoms with Crippen LogP contribution in [0.4, 0.5) is 0 Å². The summed E-state index contributed by atoms with van der Waals surface area (Å²) in [4.78, 5) is 52.0. The SMILES string of the molecule is COc1ccc(C(=O)N[C@@H](C(=O)N2CCN(C3CCN(C)CC3)CC2)C2CC2)cc1.O=C(O)/C=C/C(=O)O. The van der Waals surface area contributed by atoms with Crippen LogP contribution in [0, 0.1) is 5.92 Å². The molecule has 208 valence electrons. The number of benzene rings is 1. The molecule has 0 aromatic heterocycles. The van der Waals surface area contributed by atoms with Gasteiger partial charge in [0.1, 0.15) is 11.8 Å². The van der Waals surface area contributed by atoms with Gasteiger partial charge in [-0.05, 0) is 76.0 Å². The first-order valence-corrected chi connectivity index (χ1v) is 13.0. The summed E-state index contributed by atoms with van der Waals surface area (Å²) in [6, 6.07) is 7.25. The summed E-state index contributed by atoms with van der Waals surface area (Å²) in [6.07, 6.45) is 5.56. The Kier molecular flexibility index (Phi) is 10.7. The standard InChI is InChI=1S/C23H34N4O3.C4H4O4/c1-25-11-9-19(10-12-25)26-13-15-27(16-14-26)23(29)21(17-3-4-17)24-22(28)18-5-7-20(30-2)8-6-18;5-3(6)1-2-4(7)8/h5-8,17,19,21H,3-4,9-16H2,1-2H3,(H,24,28);1-2H,(H,5,6)(H,7,8)/b;2-1+/t21-;/m1./s1. The van der Waals surface area contributed by atoms with E-state index in [1.807, 2.05) is 4.90 Å². The topological polar surface area (TPSA) is 140 Å². The molecule has 0 unspecified atom stereocenters. The normalized spacial score (nSPS) is 19.8. The van der Waals surface area contributed by atoms with E-state index in [1.165, 1.54) is 12.8 Å². The maximum atomic E-state index is 13.2. The zero-order chi connectivity index (χ0) is 27.7. The van der Waals surface area contributed by atoms with Crippen LogP contribution in [-0.2, 0) is 14.4 Å². The van der Waals surface area contributed by atoms with Gasteiger partial charge in [-0.15, -0.1) is 0 Å². The molecule has 2 amide bonds. The van der Waals surface area contributed by atoms with Gasteiger partial charge in [0.05, 0.1) is 7.11 Å². The Morgan fingerprint density at radius 1 is 0.895 bits per heavy atom. The Morgan fingerprint density at radius 3 is 1.92 bits per heavy atom. The third kappa shape index (κ3) is 8.84. The minimum absolute atomic E-state index is 0.0855. The number of nitrogens with one attached hydrogen (secondary N) is 1. The van der Waals surface area contributed by atoms with E-state index in [9.17, 15) is 19.2 Å². The highest BCUT2D eigenvalue weighted by Crippen LogP contribution is 2.34. The Labute approximate surface area is 223 Å². The van der Waals surface area contributed by atoms with Crippen LogP contribution >= 0.6 is 0 Å². The second-order valence-electron chi connectivity index (χ2n) is 9.92. The minimum atomic E-state index is -1.26. The number of carbonyl (C=O) groups excluding carboxylic acids is 2. The highest BCUT2D eigenvalue weighted by molar-refractivity contribution is 5.98. The third-order valence-corrected chi connectivity index (χ3v) is 7.20. The first-order chi connectivity index (χ1) is 18.2. The number of hydrogen-bond acceptors (Lipinski definition) is 7. The number of piperidine rings is 1. The van der Waals surface area contributed by atoms with Crippen LogP contribution < -0.4 is 10.1 Å². The van der Waals surface area contributed by atoms with E-state index < -0.39 is 18.0 Å². The van der Waals surface area contributed by atoms with Gasteiger partial charge in [0.25, 0.3) is 5.91 Å². The van der Waals surface area contributed by atoms with E-state index in [0.717, 1.165) is 52.1 Å². The number of aliphatic carboxylic acids is 2. The molecule has 3 fully saturated rings. The second kappa shape index (κ2) is 13.9. The lowest BCUT2D eigenvalue weighted by molar-refractivity contribution is -0.136. The van der Waals surface area contributed by atoms with Gasteiger partial charge in [0, 0.05) is 49.9 Å². The molecule has 0 radical (unpaired) electrons. The van der Waals surface area contributed by atoms with Crippen molar-refractivity contribution in [2.45, 2.75) is 37.8 Å². The molecular weight excluding hydrogens is 492 g/mol. The van der Waals surface area contributed by atoms with Crippen molar-refractivity contribution in [3.05, 3.63) is 42.0 Å². The molecule has 0 bridgehead atoms. The van der Waals surface area contributed by atoms with Crippen LogP contribution in [0.25, 0.3) is 0 Å². The van der Waals surface area contributed by atoms with Gasteiger partial charge in [0.2, 0.25) is 5.91 Å². The molecule has 1 aromatic carbocycles. The van der Waals surface area contributed by atoms with E-state index in [2.05, 4.69) is 22.2 Å². The Bertz CT molecular complexity index is 977. The van der Waals surface area contributed by atoms with Crippen LogP contribution in [0.1, 0.15) is 36.0 Å². The molecule has 38 heavy (non-hydrogen) atoms. The van der Waals surface area contributed by atoms with Crippen molar-refractivity contribution >= 4 is 23.8 Å². The van der Waals surface area contributed by atoms with E-state index in [0.29, 0.717) is 29.5 Å². The number of methoxy groups -OCH3 is 1. The summed E-state index contributed by atoms with van der Waals surface area (Å²) in [7, 11) is 3.79. The highest BCUT2D eigenvalue weighted by atomic mass is 16.5. The Hall–Kier alpha value is -3.44. The first-order valence-electron chi connectivity index (χ1n) is 13.0. The molecule has 1 saturated carbocycles. The maximum absolute atomic E-state index is 13.2. The lowest BCUT2D eigenvalue weighted by Gasteiger charge is -2.42. The van der Waals surface area contributed by atoms with Gasteiger partial charge in [-0.25, -0.2) is 9.59 Å². The van der Waals surface area contributed by atoms with Crippen molar-refractivity contribution in [3.63, 3.8) is 0 Å². The molecule has 2 saturated heterocycles. The van der Waals surface area contributed by atoms with Crippen molar-refractivity contribution in [3.8, 4) is 5.75 Å². The number of hydrogen-bond donors (Lipinski definition) is 3. The van der Waals surface area contributed by atoms with E-state index in [-0.39, 0.29) is 17.7 Å². The number of carbonyl (C=O) groups is 4. The summed E-state index contributed by atoms with van der Waals surface area (Å²) in [6.45, 7) is 5.70. The first kappa shape index (κ1) is 29.1. The highest BCUT2D eigenvalue weighted by Gasteiger charge is 2.40. The summed E-state index contributed by atoms with van der Waals surface area (Å²) in [5, 5.41) is 18.6. The van der Waals surface area contributed by atoms with Gasteiger partial charge in [0.15, 0.2) is 0 Å². The van der Waals surface area contributed by atoms with Gasteiger partial charge in [-0.3, -0.25) is 14.5 Å². The van der Waals surface area contributed by atoms with Crippen LogP contribution in [0.2, 0.25) is 0 Å². The number of amides is 2. The van der Waals surface area contributed by atoms with Crippen molar-refractivity contribution in [2.24, 2.45) is 5.92 Å². The van der Waals surface area contributed by atoms with E-state index in [1.54, 1.807) is 31.4 Å². The van der Waals surface area contributed by atoms with Gasteiger partial charge >= 0.3 is 11.9 Å². The lowest BCUT2D eigenvalue weighted by atomic mass is 10.0. The number of likely N-dealkylation sites (tertiary alicyclic amines) is 1. The molecule has 1 aromatic rings. The molecular formula is C27H38N4O7. The quantitative estimate of drug-likeness (QED) is 0.422. The van der Waals surface area contributed by atoms with Crippen molar-refractivity contribution in [2.75, 3.05) is 53.4 Å². The third-order valence-electron chi connectivity index (χ3n) is 7.20. The molecule has 4 rings (SSSR count). The number of ether oxygens (including phenoxy) is 1. The van der Waals surface area contributed by atoms with Crippen molar-refractivity contribution < 1.29 is 34.1 Å². The summed E-state index contributed by atoms with van der Waals surface area (Å²) < 4.78 is 5.15. The molecule has 3 aliphatic rings. The maximum Gasteiger partial charge on any atom is 0.328 e. The zero-order valence-electron chi connectivity index (χ0n) is 22.0. The summed E-state index contributed by atoms with van der Waals surface area (Å²) in [5.74, 6) is -1.63. The fraction of sp³-hybridized carbons (Fsp3) is 0.556. The summed E-state index contributed by atoms with van der Waals surface area (Å²) in [5.41, 5.74) is 0.557. The number of carboxylic acid groups (broad SMARTS) is 2. The second-order valence-corrected chi connectivity index (χ2v) is 9.92. The lowest BCUT2D eigenvalue weighted by Crippen LogP contribution is -2.58. The zero-order valence-corrected chi connectivity index (χ0v) is 22.0. The number of rotatable bonds is 8. The molecule has 2 aliphatic heterocycles. The van der Waals surface area contributed by atoms with Crippen LogP contribution in [0.3, 0.4) is 0 Å². The Morgan fingerprint density at radius 2 is 1.45 bits per heavy atom. The van der Waals surface area contributed by atoms with Crippen molar-refractivity contribution in [1.29, 1.82) is 0 Å². The average molecular weight is 531 g/mol. The molecule has 3 N–H and O–H groups in total. The number of carboxylic acids is 2. The predicted molar refractivity (Wildman–Crippen MR) is 140 cm³/mol. The molecule has 11 nitrogen and oxygen atoms in total. The van der Waals surface area contributed by atoms with Crippen LogP contribution in [0.15, 0.2) is 36.4 Å². The molecule has 11 heteroatoms. The number of nitrogens with zero attached hydrogens (tertiary/aromatic N) is 3.